The second-order valence-electron chi connectivity index (χ2n) is 2.53. The number of carboxylic acid groups (broad SMARTS) is 1. The van der Waals surface area contributed by atoms with E-state index in [1.54, 1.807) is 13.0 Å². The van der Waals surface area contributed by atoms with Gasteiger partial charge in [-0.1, -0.05) is 17.7 Å². The Kier molecular flexibility index (Phi) is 2.72. The van der Waals surface area contributed by atoms with Gasteiger partial charge in [-0.2, -0.15) is 5.10 Å². The Labute approximate surface area is 80.4 Å². The third-order valence-electron chi connectivity index (χ3n) is 1.58. The second kappa shape index (κ2) is 3.62. The number of aromatic carboxylic acids is 1. The lowest BCUT2D eigenvalue weighted by atomic mass is 10.3. The van der Waals surface area contributed by atoms with Crippen molar-refractivity contribution in [1.29, 1.82) is 0 Å². The summed E-state index contributed by atoms with van der Waals surface area (Å²) >= 11 is 5.78. The summed E-state index contributed by atoms with van der Waals surface area (Å²) in [5.41, 5.74) is 0.475. The van der Waals surface area contributed by atoms with Crippen LogP contribution in [0.5, 0.6) is 0 Å². The minimum absolute atomic E-state index is 0.0588. The molecule has 0 aliphatic heterocycles. The fraction of sp³-hybridized carbons (Fsp3) is 0.250. The molecule has 0 bridgehead atoms. The number of nitrogens with zero attached hydrogens (tertiary/aromatic N) is 2. The standard InChI is InChI=1S/C8H9ClN2O2/c1-3-4-11-7(9)6(8(12)13)5(2)10-11/h3H,1,4H2,2H3,(H,12,13). The van der Waals surface area contributed by atoms with E-state index in [1.807, 2.05) is 0 Å². The lowest BCUT2D eigenvalue weighted by Gasteiger charge is -1.96. The number of carbonyl (C=O) groups is 1. The first-order valence-electron chi connectivity index (χ1n) is 3.65. The van der Waals surface area contributed by atoms with E-state index in [-0.39, 0.29) is 10.7 Å². The largest absolute Gasteiger partial charge is 0.478 e. The van der Waals surface area contributed by atoms with Gasteiger partial charge in [-0.3, -0.25) is 0 Å². The number of rotatable bonds is 3. The molecule has 0 saturated carbocycles. The average Bonchev–Trinajstić information content (AvgIpc) is 2.28. The van der Waals surface area contributed by atoms with Gasteiger partial charge in [0.05, 0.1) is 12.2 Å². The maximum Gasteiger partial charge on any atom is 0.340 e. The molecule has 1 aromatic rings. The van der Waals surface area contributed by atoms with Gasteiger partial charge in [0.25, 0.3) is 0 Å². The summed E-state index contributed by atoms with van der Waals surface area (Å²) in [5.74, 6) is -1.06. The number of hydrogen-bond donors (Lipinski definition) is 1. The van der Waals surface area contributed by atoms with Gasteiger partial charge in [0, 0.05) is 0 Å². The van der Waals surface area contributed by atoms with Crippen molar-refractivity contribution in [2.24, 2.45) is 0 Å². The third kappa shape index (κ3) is 1.72. The SMILES string of the molecule is C=CCn1nc(C)c(C(=O)O)c1Cl. The summed E-state index contributed by atoms with van der Waals surface area (Å²) in [6.07, 6.45) is 1.60. The van der Waals surface area contributed by atoms with Crippen LogP contribution in [-0.2, 0) is 6.54 Å². The van der Waals surface area contributed by atoms with Crippen LogP contribution in [0.2, 0.25) is 5.15 Å². The highest BCUT2D eigenvalue weighted by molar-refractivity contribution is 6.32. The minimum atomic E-state index is -1.06. The van der Waals surface area contributed by atoms with Crippen LogP contribution in [0.25, 0.3) is 0 Å². The van der Waals surface area contributed by atoms with E-state index in [1.165, 1.54) is 4.68 Å². The van der Waals surface area contributed by atoms with Gasteiger partial charge < -0.3 is 5.11 Å². The molecule has 1 N–H and O–H groups in total. The van der Waals surface area contributed by atoms with Gasteiger partial charge in [-0.05, 0) is 6.92 Å². The minimum Gasteiger partial charge on any atom is -0.478 e. The van der Waals surface area contributed by atoms with Crippen LogP contribution in [0.15, 0.2) is 12.7 Å². The molecular formula is C8H9ClN2O2. The Morgan fingerprint density at radius 2 is 2.46 bits per heavy atom. The number of aryl methyl sites for hydroxylation is 1. The molecule has 0 amide bonds. The predicted octanol–water partition coefficient (Wildman–Crippen LogP) is 1.73. The van der Waals surface area contributed by atoms with Crippen LogP contribution < -0.4 is 0 Å². The van der Waals surface area contributed by atoms with E-state index in [2.05, 4.69) is 11.7 Å². The van der Waals surface area contributed by atoms with Gasteiger partial charge in [0.15, 0.2) is 0 Å². The quantitative estimate of drug-likeness (QED) is 0.756. The van der Waals surface area contributed by atoms with Crippen LogP contribution in [0.3, 0.4) is 0 Å². The number of hydrogen-bond acceptors (Lipinski definition) is 2. The molecule has 70 valence electrons. The lowest BCUT2D eigenvalue weighted by Crippen LogP contribution is -1.99. The summed E-state index contributed by atoms with van der Waals surface area (Å²) in [4.78, 5) is 10.7. The maximum absolute atomic E-state index is 10.7. The van der Waals surface area contributed by atoms with E-state index in [4.69, 9.17) is 16.7 Å². The Balaban J connectivity index is 3.21. The van der Waals surface area contributed by atoms with E-state index in [0.29, 0.717) is 12.2 Å². The van der Waals surface area contributed by atoms with Crippen molar-refractivity contribution >= 4 is 17.6 Å². The van der Waals surface area contributed by atoms with Crippen molar-refractivity contribution < 1.29 is 9.90 Å². The Morgan fingerprint density at radius 1 is 1.85 bits per heavy atom. The van der Waals surface area contributed by atoms with Crippen molar-refractivity contribution in [3.63, 3.8) is 0 Å². The number of allylic oxidation sites excluding steroid dienone is 1. The van der Waals surface area contributed by atoms with E-state index < -0.39 is 5.97 Å². The van der Waals surface area contributed by atoms with Crippen LogP contribution >= 0.6 is 11.6 Å². The summed E-state index contributed by atoms with van der Waals surface area (Å²) < 4.78 is 1.40. The summed E-state index contributed by atoms with van der Waals surface area (Å²) in [7, 11) is 0. The molecule has 1 rings (SSSR count). The normalized spacial score (nSPS) is 10.0. The van der Waals surface area contributed by atoms with E-state index >= 15 is 0 Å². The number of halogens is 1. The molecule has 4 nitrogen and oxygen atoms in total. The van der Waals surface area contributed by atoms with Crippen molar-refractivity contribution in [1.82, 2.24) is 9.78 Å². The summed E-state index contributed by atoms with van der Waals surface area (Å²) in [6.45, 7) is 5.53. The van der Waals surface area contributed by atoms with Crippen LogP contribution in [0.4, 0.5) is 0 Å². The Morgan fingerprint density at radius 3 is 2.85 bits per heavy atom. The topological polar surface area (TPSA) is 55.1 Å². The Hall–Kier alpha value is -1.29. The molecular weight excluding hydrogens is 192 g/mol. The van der Waals surface area contributed by atoms with Gasteiger partial charge in [0.2, 0.25) is 0 Å². The highest BCUT2D eigenvalue weighted by Gasteiger charge is 2.18. The van der Waals surface area contributed by atoms with Crippen LogP contribution in [-0.4, -0.2) is 20.9 Å². The molecule has 1 aromatic heterocycles. The van der Waals surface area contributed by atoms with Crippen molar-refractivity contribution in [2.45, 2.75) is 13.5 Å². The second-order valence-corrected chi connectivity index (χ2v) is 2.89. The van der Waals surface area contributed by atoms with Gasteiger partial charge >= 0.3 is 5.97 Å². The lowest BCUT2D eigenvalue weighted by molar-refractivity contribution is 0.0696. The van der Waals surface area contributed by atoms with Crippen molar-refractivity contribution in [3.05, 3.63) is 29.1 Å². The van der Waals surface area contributed by atoms with Crippen molar-refractivity contribution in [3.8, 4) is 0 Å². The molecule has 0 saturated heterocycles. The molecule has 0 atom stereocenters. The first-order valence-corrected chi connectivity index (χ1v) is 4.02. The highest BCUT2D eigenvalue weighted by atomic mass is 35.5. The zero-order valence-electron chi connectivity index (χ0n) is 7.12. The highest BCUT2D eigenvalue weighted by Crippen LogP contribution is 2.19. The molecule has 0 fully saturated rings. The fourth-order valence-electron chi connectivity index (χ4n) is 1.04. The van der Waals surface area contributed by atoms with Gasteiger partial charge in [-0.15, -0.1) is 6.58 Å². The molecule has 0 unspecified atom stereocenters. The predicted molar refractivity (Wildman–Crippen MR) is 49.1 cm³/mol. The molecule has 1 heterocycles. The molecule has 0 aliphatic rings. The third-order valence-corrected chi connectivity index (χ3v) is 1.97. The monoisotopic (exact) mass is 200 g/mol. The molecule has 0 aliphatic carbocycles. The van der Waals surface area contributed by atoms with Crippen molar-refractivity contribution in [2.75, 3.05) is 0 Å². The van der Waals surface area contributed by atoms with Crippen LogP contribution in [0, 0.1) is 6.92 Å². The molecule has 5 heteroatoms. The Bertz CT molecular complexity index is 357. The molecule has 13 heavy (non-hydrogen) atoms. The first kappa shape index (κ1) is 9.80. The average molecular weight is 201 g/mol. The van der Waals surface area contributed by atoms with E-state index in [0.717, 1.165) is 0 Å². The van der Waals surface area contributed by atoms with E-state index in [9.17, 15) is 4.79 Å². The number of carboxylic acids is 1. The number of aromatic nitrogens is 2. The summed E-state index contributed by atoms with van der Waals surface area (Å²) in [5, 5.41) is 12.9. The first-order chi connectivity index (χ1) is 6.07. The maximum atomic E-state index is 10.7. The molecule has 0 radical (unpaired) electrons. The van der Waals surface area contributed by atoms with Gasteiger partial charge in [-0.25, -0.2) is 9.48 Å². The molecule has 0 spiro atoms. The zero-order valence-corrected chi connectivity index (χ0v) is 7.88. The van der Waals surface area contributed by atoms with Gasteiger partial charge in [0.1, 0.15) is 10.7 Å². The van der Waals surface area contributed by atoms with Crippen LogP contribution in [0.1, 0.15) is 16.1 Å². The smallest absolute Gasteiger partial charge is 0.340 e. The summed E-state index contributed by atoms with van der Waals surface area (Å²) in [6, 6.07) is 0. The fourth-order valence-corrected chi connectivity index (χ4v) is 1.36. The zero-order chi connectivity index (χ0) is 10.0. The molecule has 0 aromatic carbocycles.